The van der Waals surface area contributed by atoms with Gasteiger partial charge in [-0.2, -0.15) is 13.2 Å². The summed E-state index contributed by atoms with van der Waals surface area (Å²) in [7, 11) is 0. The monoisotopic (exact) mass is 376 g/mol. The van der Waals surface area contributed by atoms with Crippen LogP contribution in [0.2, 0.25) is 0 Å². The van der Waals surface area contributed by atoms with E-state index in [0.29, 0.717) is 29.1 Å². The molecule has 0 fully saturated rings. The molecule has 0 atom stereocenters. The van der Waals surface area contributed by atoms with Gasteiger partial charge < -0.3 is 9.84 Å². The van der Waals surface area contributed by atoms with Gasteiger partial charge in [0.2, 0.25) is 0 Å². The highest BCUT2D eigenvalue weighted by atomic mass is 19.4. The predicted octanol–water partition coefficient (Wildman–Crippen LogP) is 5.57. The molecule has 0 aliphatic carbocycles. The van der Waals surface area contributed by atoms with E-state index >= 15 is 0 Å². The molecule has 0 heterocycles. The third-order valence-electron chi connectivity index (χ3n) is 3.64. The highest BCUT2D eigenvalue weighted by Crippen LogP contribution is 2.32. The molecule has 0 aliphatic heterocycles. The maximum absolute atomic E-state index is 12.8. The van der Waals surface area contributed by atoms with Crippen LogP contribution in [0, 0.1) is 0 Å². The van der Waals surface area contributed by atoms with Gasteiger partial charge in [0.15, 0.2) is 0 Å². The number of benzene rings is 2. The molecule has 0 aliphatic rings. The van der Waals surface area contributed by atoms with Crippen molar-refractivity contribution in [3.63, 3.8) is 0 Å². The number of hydrogen-bond donors (Lipinski definition) is 1. The highest BCUT2D eigenvalue weighted by Gasteiger charge is 2.30. The van der Waals surface area contributed by atoms with Crippen LogP contribution >= 0.6 is 0 Å². The van der Waals surface area contributed by atoms with Crippen molar-refractivity contribution in [3.8, 4) is 5.75 Å². The molecule has 1 N–H and O–H groups in total. The Morgan fingerprint density at radius 2 is 1.81 bits per heavy atom. The lowest BCUT2D eigenvalue weighted by molar-refractivity contribution is -0.137. The van der Waals surface area contributed by atoms with Gasteiger partial charge >= 0.3 is 12.1 Å². The van der Waals surface area contributed by atoms with Gasteiger partial charge in [0.05, 0.1) is 12.2 Å². The smallest absolute Gasteiger partial charge is 0.416 e. The Kier molecular flexibility index (Phi) is 6.82. The van der Waals surface area contributed by atoms with Gasteiger partial charge in [-0.05, 0) is 47.4 Å². The van der Waals surface area contributed by atoms with E-state index in [1.165, 1.54) is 18.2 Å². The SMILES string of the molecule is CCCOc1cccc(C(=CC=CC(=O)O)c2ccc(C(F)(F)F)cc2)c1. The van der Waals surface area contributed by atoms with Gasteiger partial charge in [0.1, 0.15) is 5.75 Å². The van der Waals surface area contributed by atoms with E-state index in [4.69, 9.17) is 9.84 Å². The summed E-state index contributed by atoms with van der Waals surface area (Å²) in [6.07, 6.45) is 0.277. The molecule has 0 saturated carbocycles. The molecule has 6 heteroatoms. The second-order valence-electron chi connectivity index (χ2n) is 5.73. The van der Waals surface area contributed by atoms with Crippen LogP contribution in [0.5, 0.6) is 5.75 Å². The van der Waals surface area contributed by atoms with E-state index in [2.05, 4.69) is 0 Å². The molecule has 0 amide bonds. The van der Waals surface area contributed by atoms with E-state index < -0.39 is 17.7 Å². The first-order valence-corrected chi connectivity index (χ1v) is 8.33. The maximum atomic E-state index is 12.8. The van der Waals surface area contributed by atoms with Crippen LogP contribution in [-0.4, -0.2) is 17.7 Å². The Morgan fingerprint density at radius 3 is 2.41 bits per heavy atom. The Balaban J connectivity index is 2.45. The van der Waals surface area contributed by atoms with Crippen LogP contribution < -0.4 is 4.74 Å². The summed E-state index contributed by atoms with van der Waals surface area (Å²) in [6.45, 7) is 2.52. The van der Waals surface area contributed by atoms with E-state index in [0.717, 1.165) is 24.6 Å². The second-order valence-corrected chi connectivity index (χ2v) is 5.73. The molecule has 3 nitrogen and oxygen atoms in total. The molecule has 2 aromatic rings. The first-order valence-electron chi connectivity index (χ1n) is 8.33. The molecule has 0 spiro atoms. The fourth-order valence-corrected chi connectivity index (χ4v) is 2.40. The van der Waals surface area contributed by atoms with Crippen molar-refractivity contribution in [2.24, 2.45) is 0 Å². The minimum Gasteiger partial charge on any atom is -0.494 e. The van der Waals surface area contributed by atoms with Crippen molar-refractivity contribution >= 4 is 11.5 Å². The van der Waals surface area contributed by atoms with Gasteiger partial charge in [-0.3, -0.25) is 0 Å². The average Bonchev–Trinajstić information content (AvgIpc) is 2.63. The minimum absolute atomic E-state index is 0.533. The van der Waals surface area contributed by atoms with Gasteiger partial charge in [-0.1, -0.05) is 43.3 Å². The third-order valence-corrected chi connectivity index (χ3v) is 3.64. The van der Waals surface area contributed by atoms with Crippen LogP contribution in [-0.2, 0) is 11.0 Å². The van der Waals surface area contributed by atoms with Crippen molar-refractivity contribution in [2.75, 3.05) is 6.61 Å². The van der Waals surface area contributed by atoms with Crippen molar-refractivity contribution in [2.45, 2.75) is 19.5 Å². The molecule has 0 bridgehead atoms. The number of halogens is 3. The Hall–Kier alpha value is -3.02. The lowest BCUT2D eigenvalue weighted by atomic mass is 9.96. The number of carboxylic acids is 1. The van der Waals surface area contributed by atoms with Crippen molar-refractivity contribution in [3.05, 3.63) is 83.4 Å². The molecule has 142 valence electrons. The first-order chi connectivity index (χ1) is 12.8. The summed E-state index contributed by atoms with van der Waals surface area (Å²) < 4.78 is 44.0. The quantitative estimate of drug-likeness (QED) is 0.508. The number of carboxylic acid groups (broad SMARTS) is 1. The molecular formula is C21H19F3O3. The summed E-state index contributed by atoms with van der Waals surface area (Å²) in [4.78, 5) is 10.7. The number of rotatable bonds is 7. The van der Waals surface area contributed by atoms with Crippen LogP contribution in [0.1, 0.15) is 30.0 Å². The lowest BCUT2D eigenvalue weighted by Crippen LogP contribution is -2.04. The largest absolute Gasteiger partial charge is 0.494 e. The van der Waals surface area contributed by atoms with E-state index in [9.17, 15) is 18.0 Å². The Morgan fingerprint density at radius 1 is 1.11 bits per heavy atom. The summed E-state index contributed by atoms with van der Waals surface area (Å²) in [5, 5.41) is 8.77. The summed E-state index contributed by atoms with van der Waals surface area (Å²) in [5.41, 5.74) is 1.08. The molecule has 2 aromatic carbocycles. The van der Waals surface area contributed by atoms with Crippen LogP contribution in [0.3, 0.4) is 0 Å². The van der Waals surface area contributed by atoms with E-state index in [1.54, 1.807) is 30.3 Å². The molecule has 27 heavy (non-hydrogen) atoms. The predicted molar refractivity (Wildman–Crippen MR) is 97.5 cm³/mol. The van der Waals surface area contributed by atoms with Crippen LogP contribution in [0.15, 0.2) is 66.8 Å². The third kappa shape index (κ3) is 6.02. The summed E-state index contributed by atoms with van der Waals surface area (Å²) in [6, 6.07) is 11.9. The average molecular weight is 376 g/mol. The number of carbonyl (C=O) groups is 1. The van der Waals surface area contributed by atoms with Crippen LogP contribution in [0.25, 0.3) is 5.57 Å². The fraction of sp³-hybridized carbons (Fsp3) is 0.190. The standard InChI is InChI=1S/C21H19F3O3/c1-2-13-27-18-6-3-5-16(14-18)19(7-4-8-20(25)26)15-9-11-17(12-10-15)21(22,23)24/h3-12,14H,2,13H2,1H3,(H,25,26). The topological polar surface area (TPSA) is 46.5 Å². The number of alkyl halides is 3. The number of ether oxygens (including phenoxy) is 1. The Bertz CT molecular complexity index is 834. The minimum atomic E-state index is -4.42. The number of allylic oxidation sites excluding steroid dienone is 2. The van der Waals surface area contributed by atoms with E-state index in [-0.39, 0.29) is 0 Å². The molecule has 0 unspecified atom stereocenters. The lowest BCUT2D eigenvalue weighted by Gasteiger charge is -2.12. The van der Waals surface area contributed by atoms with Crippen molar-refractivity contribution < 1.29 is 27.8 Å². The molecular weight excluding hydrogens is 357 g/mol. The summed E-state index contributed by atoms with van der Waals surface area (Å²) in [5.74, 6) is -0.479. The molecule has 0 saturated heterocycles. The van der Waals surface area contributed by atoms with Gasteiger partial charge in [0.25, 0.3) is 0 Å². The highest BCUT2D eigenvalue weighted by molar-refractivity contribution is 5.84. The maximum Gasteiger partial charge on any atom is 0.416 e. The summed E-state index contributed by atoms with van der Waals surface area (Å²) >= 11 is 0. The molecule has 0 aromatic heterocycles. The zero-order valence-corrected chi connectivity index (χ0v) is 14.7. The van der Waals surface area contributed by atoms with Crippen molar-refractivity contribution in [1.29, 1.82) is 0 Å². The molecule has 0 radical (unpaired) electrons. The zero-order valence-electron chi connectivity index (χ0n) is 14.7. The fourth-order valence-electron chi connectivity index (χ4n) is 2.40. The number of aliphatic carboxylic acids is 1. The van der Waals surface area contributed by atoms with Gasteiger partial charge in [0, 0.05) is 6.08 Å². The van der Waals surface area contributed by atoms with Gasteiger partial charge in [-0.15, -0.1) is 0 Å². The molecule has 2 rings (SSSR count). The van der Waals surface area contributed by atoms with Gasteiger partial charge in [-0.25, -0.2) is 4.79 Å². The normalized spacial score (nSPS) is 12.4. The zero-order chi connectivity index (χ0) is 19.9. The van der Waals surface area contributed by atoms with Crippen molar-refractivity contribution in [1.82, 2.24) is 0 Å². The Labute approximate surface area is 155 Å². The van der Waals surface area contributed by atoms with E-state index in [1.807, 2.05) is 6.92 Å². The van der Waals surface area contributed by atoms with Crippen LogP contribution in [0.4, 0.5) is 13.2 Å². The second kappa shape index (κ2) is 9.07. The first kappa shape index (κ1) is 20.3. The number of hydrogen-bond acceptors (Lipinski definition) is 2.